The van der Waals surface area contributed by atoms with E-state index in [0.717, 1.165) is 19.3 Å². The number of ketones is 3. The quantitative estimate of drug-likeness (QED) is 0.699. The van der Waals surface area contributed by atoms with Crippen molar-refractivity contribution in [1.29, 1.82) is 0 Å². The summed E-state index contributed by atoms with van der Waals surface area (Å²) in [5.41, 5.74) is 0. The van der Waals surface area contributed by atoms with Crippen LogP contribution in [0.25, 0.3) is 0 Å². The summed E-state index contributed by atoms with van der Waals surface area (Å²) in [5, 5.41) is 0. The molecule has 0 heterocycles. The van der Waals surface area contributed by atoms with Gasteiger partial charge in [-0.15, -0.1) is 0 Å². The average Bonchev–Trinajstić information content (AvgIpc) is 2.23. The molecule has 0 N–H and O–H groups in total. The first-order chi connectivity index (χ1) is 8.20. The highest BCUT2D eigenvalue weighted by molar-refractivity contribution is 5.85. The van der Waals surface area contributed by atoms with Gasteiger partial charge in [-0.25, -0.2) is 0 Å². The van der Waals surface area contributed by atoms with Gasteiger partial charge >= 0.3 is 0 Å². The van der Waals surface area contributed by atoms with Crippen molar-refractivity contribution in [3.63, 3.8) is 0 Å². The topological polar surface area (TPSA) is 51.2 Å². The second-order valence-corrected chi connectivity index (χ2v) is 5.26. The van der Waals surface area contributed by atoms with Gasteiger partial charge in [0.2, 0.25) is 0 Å². The van der Waals surface area contributed by atoms with Gasteiger partial charge in [0.05, 0.1) is 0 Å². The second-order valence-electron chi connectivity index (χ2n) is 5.26. The van der Waals surface area contributed by atoms with Gasteiger partial charge in [0, 0.05) is 18.8 Å². The first-order valence-corrected chi connectivity index (χ1v) is 6.69. The van der Waals surface area contributed by atoms with E-state index in [2.05, 4.69) is 13.8 Å². The lowest BCUT2D eigenvalue weighted by molar-refractivity contribution is -0.125. The van der Waals surface area contributed by atoms with E-state index in [1.54, 1.807) is 6.92 Å². The minimum absolute atomic E-state index is 0.0440. The minimum atomic E-state index is -0.0440. The summed E-state index contributed by atoms with van der Waals surface area (Å²) < 4.78 is 0. The first-order valence-electron chi connectivity index (χ1n) is 6.69. The summed E-state index contributed by atoms with van der Waals surface area (Å²) >= 11 is 0. The van der Waals surface area contributed by atoms with Gasteiger partial charge in [0.1, 0.15) is 17.3 Å². The number of rotatable bonds is 7. The Morgan fingerprint density at radius 2 is 1.44 bits per heavy atom. The van der Waals surface area contributed by atoms with Crippen LogP contribution in [0.3, 0.4) is 0 Å². The molecule has 0 fully saturated rings. The fourth-order valence-corrected chi connectivity index (χ4v) is 1.41. The molecule has 0 saturated carbocycles. The maximum atomic E-state index is 10.8. The van der Waals surface area contributed by atoms with Crippen LogP contribution < -0.4 is 0 Å². The van der Waals surface area contributed by atoms with Crippen LogP contribution in [0.15, 0.2) is 0 Å². The zero-order valence-corrected chi connectivity index (χ0v) is 12.7. The third-order valence-electron chi connectivity index (χ3n) is 2.68. The Labute approximate surface area is 111 Å². The van der Waals surface area contributed by atoms with Crippen molar-refractivity contribution in [3.8, 4) is 0 Å². The van der Waals surface area contributed by atoms with Gasteiger partial charge in [-0.05, 0) is 39.5 Å². The van der Waals surface area contributed by atoms with Gasteiger partial charge < -0.3 is 9.59 Å². The van der Waals surface area contributed by atoms with E-state index in [4.69, 9.17) is 0 Å². The van der Waals surface area contributed by atoms with E-state index in [9.17, 15) is 14.4 Å². The van der Waals surface area contributed by atoms with Gasteiger partial charge in [-0.1, -0.05) is 20.8 Å². The minimum Gasteiger partial charge on any atom is -0.300 e. The second kappa shape index (κ2) is 11.1. The largest absolute Gasteiger partial charge is 0.300 e. The molecular formula is C15H28O3. The van der Waals surface area contributed by atoms with E-state index < -0.39 is 0 Å². The molecule has 0 bridgehead atoms. The lowest BCUT2D eigenvalue weighted by Gasteiger charge is -2.06. The lowest BCUT2D eigenvalue weighted by atomic mass is 9.96. The molecule has 0 aliphatic rings. The average molecular weight is 256 g/mol. The number of carbonyl (C=O) groups excluding carboxylic acids is 3. The number of carbonyl (C=O) groups is 3. The molecule has 3 nitrogen and oxygen atoms in total. The molecule has 0 unspecified atom stereocenters. The molecule has 0 aliphatic heterocycles. The maximum Gasteiger partial charge on any atom is 0.133 e. The molecule has 0 aliphatic carbocycles. The fraction of sp³-hybridized carbons (Fsp3) is 0.800. The third kappa shape index (κ3) is 15.0. The summed E-state index contributed by atoms with van der Waals surface area (Å²) in [4.78, 5) is 31.7. The van der Waals surface area contributed by atoms with Crippen molar-refractivity contribution in [2.45, 2.75) is 67.2 Å². The Hall–Kier alpha value is -0.990. The fourth-order valence-electron chi connectivity index (χ4n) is 1.41. The van der Waals surface area contributed by atoms with Crippen LogP contribution in [0.2, 0.25) is 0 Å². The van der Waals surface area contributed by atoms with Crippen LogP contribution in [-0.4, -0.2) is 17.3 Å². The van der Waals surface area contributed by atoms with Gasteiger partial charge in [0.25, 0.3) is 0 Å². The number of hydrogen-bond donors (Lipinski definition) is 0. The zero-order valence-electron chi connectivity index (χ0n) is 12.7. The van der Waals surface area contributed by atoms with Crippen molar-refractivity contribution in [3.05, 3.63) is 0 Å². The standard InChI is InChI=1S/C8H14O2.C7H14O/c1-4-8(7(3)10)5-6(2)9;1-6(2)4-5-7(3)8/h8H,4-5H2,1-3H3;6H,4-5H2,1-3H3/t8-;/m1./s1. The Balaban J connectivity index is 0. The van der Waals surface area contributed by atoms with E-state index >= 15 is 0 Å². The summed E-state index contributed by atoms with van der Waals surface area (Å²) in [7, 11) is 0. The summed E-state index contributed by atoms with van der Waals surface area (Å²) in [6.07, 6.45) is 2.97. The molecular weight excluding hydrogens is 228 g/mol. The summed E-state index contributed by atoms with van der Waals surface area (Å²) in [6, 6.07) is 0. The molecule has 0 aromatic heterocycles. The molecule has 0 saturated heterocycles. The van der Waals surface area contributed by atoms with Crippen LogP contribution >= 0.6 is 0 Å². The molecule has 0 aromatic carbocycles. The number of hydrogen-bond acceptors (Lipinski definition) is 3. The third-order valence-corrected chi connectivity index (χ3v) is 2.68. The molecule has 0 rings (SSSR count). The summed E-state index contributed by atoms with van der Waals surface area (Å²) in [5.74, 6) is 1.15. The van der Waals surface area contributed by atoms with Crippen molar-refractivity contribution in [2.75, 3.05) is 0 Å². The van der Waals surface area contributed by atoms with E-state index in [1.165, 1.54) is 13.8 Å². The Bertz CT molecular complexity index is 267. The molecule has 3 heteroatoms. The molecule has 0 spiro atoms. The first kappa shape index (κ1) is 19.4. The highest BCUT2D eigenvalue weighted by atomic mass is 16.1. The van der Waals surface area contributed by atoms with Crippen molar-refractivity contribution < 1.29 is 14.4 Å². The highest BCUT2D eigenvalue weighted by Crippen LogP contribution is 2.09. The van der Waals surface area contributed by atoms with Crippen LogP contribution in [0.1, 0.15) is 67.2 Å². The van der Waals surface area contributed by atoms with Crippen molar-refractivity contribution in [1.82, 2.24) is 0 Å². The lowest BCUT2D eigenvalue weighted by Crippen LogP contribution is -2.12. The Kier molecular flexibility index (Phi) is 12.0. The smallest absolute Gasteiger partial charge is 0.133 e. The van der Waals surface area contributed by atoms with E-state index in [0.29, 0.717) is 18.1 Å². The number of Topliss-reactive ketones (excluding diaryl/α,β-unsaturated/α-hetero) is 3. The van der Waals surface area contributed by atoms with Crippen molar-refractivity contribution in [2.24, 2.45) is 11.8 Å². The molecule has 0 amide bonds. The monoisotopic (exact) mass is 256 g/mol. The normalized spacial score (nSPS) is 11.5. The zero-order chi connectivity index (χ0) is 14.7. The maximum absolute atomic E-state index is 10.8. The van der Waals surface area contributed by atoms with Crippen LogP contribution in [-0.2, 0) is 14.4 Å². The molecule has 106 valence electrons. The molecule has 0 radical (unpaired) electrons. The highest BCUT2D eigenvalue weighted by Gasteiger charge is 2.12. The van der Waals surface area contributed by atoms with Crippen LogP contribution in [0.5, 0.6) is 0 Å². The predicted octanol–water partition coefficient (Wildman–Crippen LogP) is 3.59. The van der Waals surface area contributed by atoms with Crippen molar-refractivity contribution >= 4 is 17.3 Å². The summed E-state index contributed by atoms with van der Waals surface area (Å²) in [6.45, 7) is 10.9. The van der Waals surface area contributed by atoms with Gasteiger partial charge in [-0.2, -0.15) is 0 Å². The molecule has 0 aromatic rings. The van der Waals surface area contributed by atoms with Gasteiger partial charge in [-0.3, -0.25) is 4.79 Å². The Morgan fingerprint density at radius 1 is 0.944 bits per heavy atom. The van der Waals surface area contributed by atoms with E-state index in [1.807, 2.05) is 6.92 Å². The Morgan fingerprint density at radius 3 is 1.56 bits per heavy atom. The molecule has 18 heavy (non-hydrogen) atoms. The SMILES string of the molecule is CC(=O)CCC(C)C.CC[C@H](CC(C)=O)C(C)=O. The van der Waals surface area contributed by atoms with Crippen LogP contribution in [0, 0.1) is 11.8 Å². The predicted molar refractivity (Wildman–Crippen MR) is 74.5 cm³/mol. The molecule has 1 atom stereocenters. The van der Waals surface area contributed by atoms with Gasteiger partial charge in [0.15, 0.2) is 0 Å². The van der Waals surface area contributed by atoms with E-state index in [-0.39, 0.29) is 17.5 Å². The van der Waals surface area contributed by atoms with Crippen LogP contribution in [0.4, 0.5) is 0 Å².